The molecule has 0 aliphatic rings. The number of carbonyl (C=O) groups excluding carboxylic acids is 2. The Morgan fingerprint density at radius 3 is 1.32 bits per heavy atom. The predicted octanol–water partition coefficient (Wildman–Crippen LogP) is 5.37. The maximum Gasteiger partial charge on any atom is 0.338 e. The molecule has 0 radical (unpaired) electrons. The molecule has 0 unspecified atom stereocenters. The Balaban J connectivity index is 2.28. The molecule has 4 nitrogen and oxygen atoms in total. The first-order valence-corrected chi connectivity index (χ1v) is 9.28. The van der Waals surface area contributed by atoms with Crippen molar-refractivity contribution < 1.29 is 19.1 Å². The second kappa shape index (κ2) is 9.00. The van der Waals surface area contributed by atoms with Gasteiger partial charge in [0.1, 0.15) is 0 Å². The van der Waals surface area contributed by atoms with Crippen molar-refractivity contribution in [3.05, 3.63) is 83.9 Å². The Hall–Kier alpha value is -3.40. The molecule has 0 heterocycles. The predicted molar refractivity (Wildman–Crippen MR) is 109 cm³/mol. The van der Waals surface area contributed by atoms with Crippen LogP contribution in [0.1, 0.15) is 34.6 Å². The van der Waals surface area contributed by atoms with E-state index in [4.69, 9.17) is 9.47 Å². The van der Waals surface area contributed by atoms with Gasteiger partial charge in [-0.15, -0.1) is 0 Å². The molecular weight excluding hydrogens is 352 g/mol. The van der Waals surface area contributed by atoms with Gasteiger partial charge in [-0.1, -0.05) is 60.7 Å². The van der Waals surface area contributed by atoms with E-state index in [1.807, 2.05) is 60.7 Å². The van der Waals surface area contributed by atoms with Crippen molar-refractivity contribution in [3.63, 3.8) is 0 Å². The van der Waals surface area contributed by atoms with E-state index in [1.165, 1.54) is 0 Å². The monoisotopic (exact) mass is 374 g/mol. The first kappa shape index (κ1) is 19.4. The lowest BCUT2D eigenvalue weighted by Crippen LogP contribution is -2.11. The lowest BCUT2D eigenvalue weighted by molar-refractivity contribution is 0.0513. The summed E-state index contributed by atoms with van der Waals surface area (Å²) in [6.45, 7) is 4.08. The van der Waals surface area contributed by atoms with Gasteiger partial charge in [0.05, 0.1) is 24.3 Å². The Kier molecular flexibility index (Phi) is 6.22. The minimum atomic E-state index is -0.422. The van der Waals surface area contributed by atoms with Gasteiger partial charge in [-0.2, -0.15) is 0 Å². The van der Waals surface area contributed by atoms with E-state index >= 15 is 0 Å². The van der Waals surface area contributed by atoms with E-state index < -0.39 is 11.9 Å². The van der Waals surface area contributed by atoms with Crippen molar-refractivity contribution in [2.45, 2.75) is 13.8 Å². The average molecular weight is 374 g/mol. The van der Waals surface area contributed by atoms with E-state index in [0.717, 1.165) is 11.1 Å². The first-order valence-electron chi connectivity index (χ1n) is 9.28. The van der Waals surface area contributed by atoms with Crippen LogP contribution in [0.4, 0.5) is 0 Å². The quantitative estimate of drug-likeness (QED) is 0.544. The molecule has 0 aliphatic carbocycles. The zero-order valence-electron chi connectivity index (χ0n) is 16.0. The lowest BCUT2D eigenvalue weighted by atomic mass is 9.90. The number of ether oxygens (including phenoxy) is 2. The number of carbonyl (C=O) groups is 2. The topological polar surface area (TPSA) is 52.6 Å². The highest BCUT2D eigenvalue weighted by molar-refractivity contribution is 6.05. The molecule has 28 heavy (non-hydrogen) atoms. The summed E-state index contributed by atoms with van der Waals surface area (Å²) in [5.41, 5.74) is 3.77. The van der Waals surface area contributed by atoms with Crippen LogP contribution in [-0.4, -0.2) is 25.2 Å². The van der Waals surface area contributed by atoms with E-state index in [2.05, 4.69) is 0 Å². The van der Waals surface area contributed by atoms with Crippen molar-refractivity contribution >= 4 is 11.9 Å². The summed E-state index contributed by atoms with van der Waals surface area (Å²) < 4.78 is 10.5. The number of hydrogen-bond donors (Lipinski definition) is 0. The van der Waals surface area contributed by atoms with Gasteiger partial charge in [-0.05, 0) is 48.2 Å². The molecule has 0 fully saturated rings. The van der Waals surface area contributed by atoms with Crippen molar-refractivity contribution in [3.8, 4) is 22.3 Å². The Morgan fingerprint density at radius 1 is 0.643 bits per heavy atom. The van der Waals surface area contributed by atoms with Crippen LogP contribution in [0.25, 0.3) is 22.3 Å². The molecule has 0 spiro atoms. The summed E-state index contributed by atoms with van der Waals surface area (Å²) in [6.07, 6.45) is 0. The van der Waals surface area contributed by atoms with Gasteiger partial charge < -0.3 is 9.47 Å². The smallest absolute Gasteiger partial charge is 0.338 e. The Morgan fingerprint density at radius 2 is 1.00 bits per heavy atom. The summed E-state index contributed by atoms with van der Waals surface area (Å²) in [5, 5.41) is 0. The van der Waals surface area contributed by atoms with Gasteiger partial charge >= 0.3 is 11.9 Å². The molecule has 0 aromatic heterocycles. The third kappa shape index (κ3) is 4.12. The summed E-state index contributed by atoms with van der Waals surface area (Å²) >= 11 is 0. The maximum absolute atomic E-state index is 12.7. The van der Waals surface area contributed by atoms with E-state index in [-0.39, 0.29) is 13.2 Å². The highest BCUT2D eigenvalue weighted by Gasteiger charge is 2.22. The standard InChI is InChI=1S/C24H22O4/c1-3-27-23(25)21-15-20(18-13-9-6-10-14-18)22(24(26)28-4-2)16-19(21)17-11-7-5-8-12-17/h5-16H,3-4H2,1-2H3. The van der Waals surface area contributed by atoms with Gasteiger partial charge in [-0.25, -0.2) is 9.59 Å². The third-order valence-electron chi connectivity index (χ3n) is 4.32. The fourth-order valence-corrected chi connectivity index (χ4v) is 3.07. The molecule has 0 atom stereocenters. The lowest BCUT2D eigenvalue weighted by Gasteiger charge is -2.16. The molecule has 0 aliphatic heterocycles. The number of benzene rings is 3. The van der Waals surface area contributed by atoms with Gasteiger partial charge in [0.2, 0.25) is 0 Å². The molecule has 3 rings (SSSR count). The highest BCUT2D eigenvalue weighted by atomic mass is 16.5. The number of esters is 2. The normalized spacial score (nSPS) is 10.4. The van der Waals surface area contributed by atoms with Crippen molar-refractivity contribution in [1.29, 1.82) is 0 Å². The fourth-order valence-electron chi connectivity index (χ4n) is 3.07. The molecule has 0 saturated heterocycles. The van der Waals surface area contributed by atoms with Crippen LogP contribution in [0.15, 0.2) is 72.8 Å². The minimum Gasteiger partial charge on any atom is -0.462 e. The molecule has 3 aromatic carbocycles. The summed E-state index contributed by atoms with van der Waals surface area (Å²) in [5.74, 6) is -0.845. The van der Waals surface area contributed by atoms with Crippen molar-refractivity contribution in [2.24, 2.45) is 0 Å². The Bertz CT molecular complexity index is 881. The maximum atomic E-state index is 12.7. The summed E-state index contributed by atoms with van der Waals surface area (Å²) in [7, 11) is 0. The van der Waals surface area contributed by atoms with Crippen LogP contribution in [0.3, 0.4) is 0 Å². The van der Waals surface area contributed by atoms with Crippen LogP contribution < -0.4 is 0 Å². The van der Waals surface area contributed by atoms with Gasteiger partial charge in [0.25, 0.3) is 0 Å². The second-order valence-electron chi connectivity index (χ2n) is 6.12. The van der Waals surface area contributed by atoms with Crippen LogP contribution in [0, 0.1) is 0 Å². The summed E-state index contributed by atoms with van der Waals surface area (Å²) in [4.78, 5) is 25.4. The molecule has 3 aromatic rings. The van der Waals surface area contributed by atoms with Crippen molar-refractivity contribution in [1.82, 2.24) is 0 Å². The van der Waals surface area contributed by atoms with Crippen LogP contribution in [0.5, 0.6) is 0 Å². The average Bonchev–Trinajstić information content (AvgIpc) is 2.74. The van der Waals surface area contributed by atoms with Gasteiger partial charge in [-0.3, -0.25) is 0 Å². The van der Waals surface area contributed by atoms with E-state index in [0.29, 0.717) is 22.3 Å². The summed E-state index contributed by atoms with van der Waals surface area (Å²) in [6, 6.07) is 22.4. The van der Waals surface area contributed by atoms with Gasteiger partial charge in [0, 0.05) is 0 Å². The largest absolute Gasteiger partial charge is 0.462 e. The molecule has 0 saturated carbocycles. The molecule has 0 bridgehead atoms. The zero-order chi connectivity index (χ0) is 19.9. The SMILES string of the molecule is CCOC(=O)c1cc(-c2ccccc2)c(C(=O)OCC)cc1-c1ccccc1. The van der Waals surface area contributed by atoms with E-state index in [9.17, 15) is 9.59 Å². The fraction of sp³-hybridized carbons (Fsp3) is 0.167. The van der Waals surface area contributed by atoms with Crippen molar-refractivity contribution in [2.75, 3.05) is 13.2 Å². The molecule has 0 amide bonds. The first-order chi connectivity index (χ1) is 13.7. The zero-order valence-corrected chi connectivity index (χ0v) is 16.0. The highest BCUT2D eigenvalue weighted by Crippen LogP contribution is 2.33. The number of hydrogen-bond acceptors (Lipinski definition) is 4. The second-order valence-corrected chi connectivity index (χ2v) is 6.12. The minimum absolute atomic E-state index is 0.271. The van der Waals surface area contributed by atoms with E-state index in [1.54, 1.807) is 26.0 Å². The van der Waals surface area contributed by atoms with Crippen LogP contribution >= 0.6 is 0 Å². The Labute approximate surface area is 164 Å². The molecule has 4 heteroatoms. The third-order valence-corrected chi connectivity index (χ3v) is 4.32. The van der Waals surface area contributed by atoms with Crippen LogP contribution in [0.2, 0.25) is 0 Å². The van der Waals surface area contributed by atoms with Crippen LogP contribution in [-0.2, 0) is 9.47 Å². The molecular formula is C24H22O4. The number of rotatable bonds is 6. The van der Waals surface area contributed by atoms with Gasteiger partial charge in [0.15, 0.2) is 0 Å². The molecule has 0 N–H and O–H groups in total. The molecule has 142 valence electrons.